The van der Waals surface area contributed by atoms with Crippen LogP contribution in [-0.2, 0) is 25.7 Å². The van der Waals surface area contributed by atoms with Gasteiger partial charge < -0.3 is 20.1 Å². The molecule has 4 aromatic rings. The van der Waals surface area contributed by atoms with Crippen molar-refractivity contribution in [2.24, 2.45) is 0 Å². The van der Waals surface area contributed by atoms with Crippen LogP contribution in [0.4, 0.5) is 11.4 Å². The SMILES string of the molecule is COc1cccc([C@@H](C(=O)NC[C@@H]2CCCO2)N(C(=O)Cn2nnc3ccccc32)c2ccc(NC(C)=O)cc2)c1. The van der Waals surface area contributed by atoms with Crippen molar-refractivity contribution < 1.29 is 23.9 Å². The number of hydrogen-bond acceptors (Lipinski definition) is 7. The highest BCUT2D eigenvalue weighted by Gasteiger charge is 2.34. The lowest BCUT2D eigenvalue weighted by Gasteiger charge is -2.32. The maximum absolute atomic E-state index is 14.2. The molecule has 1 aromatic heterocycles. The third-order valence-corrected chi connectivity index (χ3v) is 6.88. The minimum absolute atomic E-state index is 0.0764. The van der Waals surface area contributed by atoms with E-state index in [9.17, 15) is 14.4 Å². The topological polar surface area (TPSA) is 128 Å². The van der Waals surface area contributed by atoms with Gasteiger partial charge in [0.05, 0.1) is 18.7 Å². The molecule has 0 spiro atoms. The first kappa shape index (κ1) is 27.8. The summed E-state index contributed by atoms with van der Waals surface area (Å²) < 4.78 is 12.7. The molecule has 3 amide bonds. The van der Waals surface area contributed by atoms with Crippen LogP contribution in [-0.4, -0.2) is 59.1 Å². The number of fused-ring (bicyclic) bond motifs is 1. The average molecular weight is 557 g/mol. The summed E-state index contributed by atoms with van der Waals surface area (Å²) in [5, 5.41) is 14.1. The molecule has 41 heavy (non-hydrogen) atoms. The van der Waals surface area contributed by atoms with E-state index in [4.69, 9.17) is 9.47 Å². The van der Waals surface area contributed by atoms with Crippen LogP contribution >= 0.6 is 0 Å². The van der Waals surface area contributed by atoms with Gasteiger partial charge in [0.15, 0.2) is 0 Å². The molecule has 0 bridgehead atoms. The van der Waals surface area contributed by atoms with Crippen LogP contribution in [0, 0.1) is 0 Å². The molecule has 11 heteroatoms. The van der Waals surface area contributed by atoms with E-state index in [0.29, 0.717) is 46.9 Å². The number of nitrogens with one attached hydrogen (secondary N) is 2. The number of amides is 3. The number of ether oxygens (including phenoxy) is 2. The van der Waals surface area contributed by atoms with Gasteiger partial charge in [0.2, 0.25) is 17.7 Å². The monoisotopic (exact) mass is 556 g/mol. The molecule has 0 unspecified atom stereocenters. The number of hydrogen-bond donors (Lipinski definition) is 2. The summed E-state index contributed by atoms with van der Waals surface area (Å²) in [6.45, 7) is 2.25. The number of para-hydroxylation sites is 1. The van der Waals surface area contributed by atoms with E-state index in [1.54, 1.807) is 55.6 Å². The standard InChI is InChI=1S/C30H32N6O5/c1-20(37)32-22-12-14-23(15-13-22)36(28(38)19-35-27-11-4-3-10-26(27)33-34-35)29(21-7-5-8-24(17-21)40-2)30(39)31-18-25-9-6-16-41-25/h3-5,7-8,10-15,17,25,29H,6,9,16,18-19H2,1-2H3,(H,31,39)(H,32,37)/t25-,29-/m0/s1. The van der Waals surface area contributed by atoms with E-state index < -0.39 is 6.04 Å². The number of nitrogens with zero attached hydrogens (tertiary/aromatic N) is 4. The van der Waals surface area contributed by atoms with Crippen molar-refractivity contribution in [1.29, 1.82) is 0 Å². The maximum Gasteiger partial charge on any atom is 0.249 e. The Balaban J connectivity index is 1.55. The lowest BCUT2D eigenvalue weighted by molar-refractivity contribution is -0.127. The lowest BCUT2D eigenvalue weighted by Crippen LogP contribution is -2.46. The highest BCUT2D eigenvalue weighted by atomic mass is 16.5. The van der Waals surface area contributed by atoms with Crippen LogP contribution in [0.5, 0.6) is 5.75 Å². The largest absolute Gasteiger partial charge is 0.497 e. The fraction of sp³-hybridized carbons (Fsp3) is 0.300. The first-order valence-electron chi connectivity index (χ1n) is 13.4. The van der Waals surface area contributed by atoms with Crippen molar-refractivity contribution >= 4 is 40.1 Å². The molecule has 3 aromatic carbocycles. The minimum Gasteiger partial charge on any atom is -0.497 e. The van der Waals surface area contributed by atoms with E-state index in [-0.39, 0.29) is 30.4 Å². The van der Waals surface area contributed by atoms with E-state index in [1.165, 1.54) is 16.5 Å². The molecule has 0 radical (unpaired) electrons. The van der Waals surface area contributed by atoms with Gasteiger partial charge in [0.1, 0.15) is 23.9 Å². The maximum atomic E-state index is 14.2. The van der Waals surface area contributed by atoms with Gasteiger partial charge in [-0.15, -0.1) is 5.10 Å². The summed E-state index contributed by atoms with van der Waals surface area (Å²) >= 11 is 0. The Kier molecular flexibility index (Phi) is 8.54. The lowest BCUT2D eigenvalue weighted by atomic mass is 10.0. The van der Waals surface area contributed by atoms with Crippen molar-refractivity contribution in [3.8, 4) is 5.75 Å². The zero-order valence-electron chi connectivity index (χ0n) is 22.9. The summed E-state index contributed by atoms with van der Waals surface area (Å²) in [7, 11) is 1.55. The Labute approximate surface area is 237 Å². The van der Waals surface area contributed by atoms with Crippen molar-refractivity contribution in [2.45, 2.75) is 38.5 Å². The van der Waals surface area contributed by atoms with Gasteiger partial charge in [0, 0.05) is 31.5 Å². The molecule has 0 saturated carbocycles. The molecule has 2 N–H and O–H groups in total. The van der Waals surface area contributed by atoms with Gasteiger partial charge in [-0.1, -0.05) is 29.5 Å². The molecule has 1 saturated heterocycles. The Morgan fingerprint density at radius 2 is 1.90 bits per heavy atom. The van der Waals surface area contributed by atoms with Gasteiger partial charge in [-0.3, -0.25) is 19.3 Å². The number of benzene rings is 3. The molecular formula is C30H32N6O5. The third-order valence-electron chi connectivity index (χ3n) is 6.88. The Hall–Kier alpha value is -4.77. The van der Waals surface area contributed by atoms with Gasteiger partial charge in [-0.2, -0.15) is 0 Å². The number of rotatable bonds is 10. The van der Waals surface area contributed by atoms with Crippen LogP contribution in [0.3, 0.4) is 0 Å². The smallest absolute Gasteiger partial charge is 0.249 e. The first-order chi connectivity index (χ1) is 19.9. The molecule has 212 valence electrons. The van der Waals surface area contributed by atoms with Crippen molar-refractivity contribution in [3.05, 3.63) is 78.4 Å². The number of anilines is 2. The predicted octanol–water partition coefficient (Wildman–Crippen LogP) is 3.47. The first-order valence-corrected chi connectivity index (χ1v) is 13.4. The Morgan fingerprint density at radius 1 is 1.10 bits per heavy atom. The summed E-state index contributed by atoms with van der Waals surface area (Å²) in [6.07, 6.45) is 1.72. The Morgan fingerprint density at radius 3 is 2.63 bits per heavy atom. The van der Waals surface area contributed by atoms with Crippen LogP contribution in [0.1, 0.15) is 31.4 Å². The van der Waals surface area contributed by atoms with E-state index in [2.05, 4.69) is 20.9 Å². The molecule has 1 fully saturated rings. The second-order valence-corrected chi connectivity index (χ2v) is 9.79. The van der Waals surface area contributed by atoms with Gasteiger partial charge >= 0.3 is 0 Å². The van der Waals surface area contributed by atoms with E-state index in [0.717, 1.165) is 12.8 Å². The molecule has 5 rings (SSSR count). The number of carbonyl (C=O) groups excluding carboxylic acids is 3. The zero-order valence-corrected chi connectivity index (χ0v) is 22.9. The molecule has 2 atom stereocenters. The van der Waals surface area contributed by atoms with Crippen molar-refractivity contribution in [2.75, 3.05) is 30.5 Å². The zero-order chi connectivity index (χ0) is 28.8. The number of carbonyl (C=O) groups is 3. The highest BCUT2D eigenvalue weighted by Crippen LogP contribution is 2.31. The van der Waals surface area contributed by atoms with Gasteiger partial charge in [-0.25, -0.2) is 4.68 Å². The second kappa shape index (κ2) is 12.6. The minimum atomic E-state index is -1.04. The normalized spacial score (nSPS) is 15.3. The van der Waals surface area contributed by atoms with Crippen LogP contribution in [0.15, 0.2) is 72.8 Å². The van der Waals surface area contributed by atoms with Gasteiger partial charge in [0.25, 0.3) is 0 Å². The van der Waals surface area contributed by atoms with Crippen LogP contribution in [0.2, 0.25) is 0 Å². The average Bonchev–Trinajstić information content (AvgIpc) is 3.65. The summed E-state index contributed by atoms with van der Waals surface area (Å²) in [5.41, 5.74) is 2.95. The molecule has 11 nitrogen and oxygen atoms in total. The molecule has 0 aliphatic carbocycles. The quantitative estimate of drug-likeness (QED) is 0.306. The number of methoxy groups -OCH3 is 1. The Bertz CT molecular complexity index is 1530. The van der Waals surface area contributed by atoms with Crippen LogP contribution < -0.4 is 20.3 Å². The third kappa shape index (κ3) is 6.52. The summed E-state index contributed by atoms with van der Waals surface area (Å²) in [6, 6.07) is 20.2. The molecule has 1 aliphatic heterocycles. The van der Waals surface area contributed by atoms with Crippen molar-refractivity contribution in [1.82, 2.24) is 20.3 Å². The van der Waals surface area contributed by atoms with E-state index >= 15 is 0 Å². The summed E-state index contributed by atoms with van der Waals surface area (Å²) in [5.74, 6) is -0.411. The predicted molar refractivity (Wildman–Crippen MR) is 153 cm³/mol. The fourth-order valence-electron chi connectivity index (χ4n) is 4.93. The molecule has 2 heterocycles. The van der Waals surface area contributed by atoms with Crippen molar-refractivity contribution in [3.63, 3.8) is 0 Å². The fourth-order valence-corrected chi connectivity index (χ4v) is 4.93. The molecule has 1 aliphatic rings. The highest BCUT2D eigenvalue weighted by molar-refractivity contribution is 6.02. The molecular weight excluding hydrogens is 524 g/mol. The summed E-state index contributed by atoms with van der Waals surface area (Å²) in [4.78, 5) is 41.2. The second-order valence-electron chi connectivity index (χ2n) is 9.79. The van der Waals surface area contributed by atoms with Gasteiger partial charge in [-0.05, 0) is 66.9 Å². The number of aromatic nitrogens is 3. The van der Waals surface area contributed by atoms with E-state index in [1.807, 2.05) is 24.3 Å². The van der Waals surface area contributed by atoms with Crippen LogP contribution in [0.25, 0.3) is 11.0 Å².